The predicted molar refractivity (Wildman–Crippen MR) is 135 cm³/mol. The Hall–Kier alpha value is -3.40. The van der Waals surface area contributed by atoms with Crippen molar-refractivity contribution in [2.45, 2.75) is 6.61 Å². The van der Waals surface area contributed by atoms with Crippen LogP contribution < -0.4 is 9.47 Å². The van der Waals surface area contributed by atoms with Gasteiger partial charge in [-0.25, -0.2) is 9.79 Å². The van der Waals surface area contributed by atoms with Gasteiger partial charge in [-0.3, -0.25) is 10.1 Å². The molecule has 4 rings (SSSR count). The summed E-state index contributed by atoms with van der Waals surface area (Å²) < 4.78 is 17.2. The minimum atomic E-state index is -0.611. The molecule has 0 atom stereocenters. The molecule has 0 fully saturated rings. The van der Waals surface area contributed by atoms with Gasteiger partial charge in [-0.15, -0.1) is 0 Å². The summed E-state index contributed by atoms with van der Waals surface area (Å²) >= 11 is 15.5. The monoisotopic (exact) mass is 576 g/mol. The zero-order valence-corrected chi connectivity index (χ0v) is 21.1. The van der Waals surface area contributed by atoms with Crippen molar-refractivity contribution in [1.29, 1.82) is 0 Å². The number of carbonyl (C=O) groups excluding carboxylic acids is 1. The van der Waals surface area contributed by atoms with Crippen molar-refractivity contribution >= 4 is 62.8 Å². The molecule has 178 valence electrons. The highest BCUT2D eigenvalue weighted by Gasteiger charge is 2.25. The van der Waals surface area contributed by atoms with Crippen LogP contribution in [0.25, 0.3) is 6.08 Å². The Kier molecular flexibility index (Phi) is 7.39. The number of benzene rings is 3. The van der Waals surface area contributed by atoms with Crippen LogP contribution in [0.4, 0.5) is 5.69 Å². The molecule has 0 amide bonds. The van der Waals surface area contributed by atoms with Crippen LogP contribution in [-0.2, 0) is 16.1 Å². The third-order valence-electron chi connectivity index (χ3n) is 4.87. The summed E-state index contributed by atoms with van der Waals surface area (Å²) in [7, 11) is 1.49. The van der Waals surface area contributed by atoms with Gasteiger partial charge < -0.3 is 14.2 Å². The quantitative estimate of drug-likeness (QED) is 0.136. The summed E-state index contributed by atoms with van der Waals surface area (Å²) in [4.78, 5) is 27.0. The Morgan fingerprint density at radius 1 is 1.11 bits per heavy atom. The number of methoxy groups -OCH3 is 1. The molecule has 0 N–H and O–H groups in total. The number of halogens is 3. The number of nitro groups is 1. The van der Waals surface area contributed by atoms with Gasteiger partial charge in [0.2, 0.25) is 5.90 Å². The van der Waals surface area contributed by atoms with Crippen molar-refractivity contribution in [2.24, 2.45) is 4.99 Å². The smallest absolute Gasteiger partial charge is 0.363 e. The lowest BCUT2D eigenvalue weighted by Crippen LogP contribution is -2.05. The van der Waals surface area contributed by atoms with E-state index in [1.807, 2.05) is 0 Å². The lowest BCUT2D eigenvalue weighted by Gasteiger charge is -2.13. The number of esters is 1. The standard InChI is InChI=1S/C24H15BrCl2N2O6/c1-33-21-10-14(8-17(25)22(21)34-12-13-2-5-16(6-3-13)29(31)32)9-20-24(30)35-23(28-20)15-4-7-18(26)19(27)11-15/h2-11H,12H2,1H3/b20-9-. The number of hydrogen-bond donors (Lipinski definition) is 0. The molecule has 0 saturated carbocycles. The van der Waals surface area contributed by atoms with Crippen LogP contribution >= 0.6 is 39.1 Å². The van der Waals surface area contributed by atoms with E-state index in [0.717, 1.165) is 5.56 Å². The van der Waals surface area contributed by atoms with Crippen LogP contribution in [0.5, 0.6) is 11.5 Å². The van der Waals surface area contributed by atoms with Gasteiger partial charge in [0.25, 0.3) is 5.69 Å². The first-order chi connectivity index (χ1) is 16.7. The number of aliphatic imine (C=N–C) groups is 1. The van der Waals surface area contributed by atoms with Gasteiger partial charge >= 0.3 is 5.97 Å². The molecule has 0 saturated heterocycles. The molecule has 0 unspecified atom stereocenters. The highest BCUT2D eigenvalue weighted by molar-refractivity contribution is 9.10. The first-order valence-electron chi connectivity index (χ1n) is 9.97. The summed E-state index contributed by atoms with van der Waals surface area (Å²) in [5.41, 5.74) is 1.97. The summed E-state index contributed by atoms with van der Waals surface area (Å²) in [6.07, 6.45) is 1.56. The molecule has 0 aliphatic carbocycles. The fourth-order valence-corrected chi connectivity index (χ4v) is 4.02. The van der Waals surface area contributed by atoms with E-state index < -0.39 is 10.9 Å². The molecule has 11 heteroatoms. The van der Waals surface area contributed by atoms with Gasteiger partial charge in [0.15, 0.2) is 17.2 Å². The SMILES string of the molecule is COc1cc(/C=C2\N=C(c3ccc(Cl)c(Cl)c3)OC2=O)cc(Br)c1OCc1ccc([N+](=O)[O-])cc1. The number of rotatable bonds is 7. The highest BCUT2D eigenvalue weighted by Crippen LogP contribution is 2.38. The van der Waals surface area contributed by atoms with Gasteiger partial charge in [-0.2, -0.15) is 0 Å². The van der Waals surface area contributed by atoms with Crippen LogP contribution in [0.1, 0.15) is 16.7 Å². The lowest BCUT2D eigenvalue weighted by molar-refractivity contribution is -0.384. The zero-order chi connectivity index (χ0) is 25.1. The van der Waals surface area contributed by atoms with E-state index in [1.54, 1.807) is 48.5 Å². The number of ether oxygens (including phenoxy) is 3. The normalized spacial score (nSPS) is 14.0. The van der Waals surface area contributed by atoms with E-state index in [-0.39, 0.29) is 23.9 Å². The largest absolute Gasteiger partial charge is 0.493 e. The van der Waals surface area contributed by atoms with Crippen molar-refractivity contribution < 1.29 is 23.9 Å². The maximum atomic E-state index is 12.4. The molecule has 1 aliphatic heterocycles. The van der Waals surface area contributed by atoms with E-state index in [0.29, 0.717) is 37.1 Å². The Balaban J connectivity index is 1.56. The van der Waals surface area contributed by atoms with E-state index in [9.17, 15) is 14.9 Å². The first kappa shape index (κ1) is 24.7. The van der Waals surface area contributed by atoms with E-state index in [1.165, 1.54) is 19.2 Å². The van der Waals surface area contributed by atoms with Gasteiger partial charge in [-0.1, -0.05) is 23.2 Å². The number of cyclic esters (lactones) is 1. The molecule has 0 radical (unpaired) electrons. The van der Waals surface area contributed by atoms with E-state index in [4.69, 9.17) is 37.4 Å². The van der Waals surface area contributed by atoms with Gasteiger partial charge in [0, 0.05) is 17.7 Å². The molecule has 0 aromatic heterocycles. The van der Waals surface area contributed by atoms with Crippen molar-refractivity contribution in [2.75, 3.05) is 7.11 Å². The maximum absolute atomic E-state index is 12.4. The Bertz CT molecular complexity index is 1390. The average molecular weight is 578 g/mol. The molecular formula is C24H15BrCl2N2O6. The maximum Gasteiger partial charge on any atom is 0.363 e. The number of nitrogens with zero attached hydrogens (tertiary/aromatic N) is 2. The Labute approximate surface area is 218 Å². The fourth-order valence-electron chi connectivity index (χ4n) is 3.15. The molecule has 1 heterocycles. The summed E-state index contributed by atoms with van der Waals surface area (Å²) in [6.45, 7) is 0.164. The minimum absolute atomic E-state index is 0.000294. The fraction of sp³-hybridized carbons (Fsp3) is 0.0833. The summed E-state index contributed by atoms with van der Waals surface area (Å²) in [5.74, 6) is 0.351. The topological polar surface area (TPSA) is 100 Å². The average Bonchev–Trinajstić information content (AvgIpc) is 3.20. The van der Waals surface area contributed by atoms with Crippen LogP contribution in [0, 0.1) is 10.1 Å². The van der Waals surface area contributed by atoms with Crippen molar-refractivity contribution in [3.8, 4) is 11.5 Å². The van der Waals surface area contributed by atoms with Crippen LogP contribution in [0.15, 0.2) is 69.8 Å². The molecule has 3 aromatic rings. The number of nitro benzene ring substituents is 1. The summed E-state index contributed by atoms with van der Waals surface area (Å²) in [5, 5.41) is 11.5. The third-order valence-corrected chi connectivity index (χ3v) is 6.20. The Morgan fingerprint density at radius 2 is 1.86 bits per heavy atom. The Morgan fingerprint density at radius 3 is 2.51 bits per heavy atom. The number of hydrogen-bond acceptors (Lipinski definition) is 7. The molecule has 1 aliphatic rings. The molecule has 35 heavy (non-hydrogen) atoms. The molecule has 0 spiro atoms. The number of carbonyl (C=O) groups is 1. The van der Waals surface area contributed by atoms with Crippen LogP contribution in [-0.4, -0.2) is 23.9 Å². The van der Waals surface area contributed by atoms with Crippen LogP contribution in [0.2, 0.25) is 10.0 Å². The predicted octanol–water partition coefficient (Wildman–Crippen LogP) is 6.60. The van der Waals surface area contributed by atoms with Crippen LogP contribution in [0.3, 0.4) is 0 Å². The zero-order valence-electron chi connectivity index (χ0n) is 18.0. The second-order valence-corrected chi connectivity index (χ2v) is 8.88. The lowest BCUT2D eigenvalue weighted by atomic mass is 10.1. The highest BCUT2D eigenvalue weighted by atomic mass is 79.9. The molecule has 3 aromatic carbocycles. The molecule has 0 bridgehead atoms. The van der Waals surface area contributed by atoms with Gasteiger partial charge in [0.1, 0.15) is 6.61 Å². The second-order valence-electron chi connectivity index (χ2n) is 7.21. The minimum Gasteiger partial charge on any atom is -0.493 e. The van der Waals surface area contributed by atoms with Gasteiger partial charge in [-0.05, 0) is 75.6 Å². The van der Waals surface area contributed by atoms with Crippen molar-refractivity contribution in [3.05, 3.63) is 102 Å². The third kappa shape index (κ3) is 5.64. The number of non-ortho nitro benzene ring substituents is 1. The van der Waals surface area contributed by atoms with E-state index >= 15 is 0 Å². The van der Waals surface area contributed by atoms with Gasteiger partial charge in [0.05, 0.1) is 26.6 Å². The molecule has 8 nitrogen and oxygen atoms in total. The van der Waals surface area contributed by atoms with Crippen molar-refractivity contribution in [3.63, 3.8) is 0 Å². The van der Waals surface area contributed by atoms with E-state index in [2.05, 4.69) is 20.9 Å². The summed E-state index contributed by atoms with van der Waals surface area (Å²) in [6, 6.07) is 14.3. The second kappa shape index (κ2) is 10.5. The van der Waals surface area contributed by atoms with Crippen molar-refractivity contribution in [1.82, 2.24) is 0 Å². The first-order valence-corrected chi connectivity index (χ1v) is 11.5. The molecular weight excluding hydrogens is 563 g/mol.